The third kappa shape index (κ3) is 2.37. The van der Waals surface area contributed by atoms with Crippen molar-refractivity contribution in [1.82, 2.24) is 15.1 Å². The van der Waals surface area contributed by atoms with E-state index in [1.165, 1.54) is 0 Å². The largest absolute Gasteiger partial charge is 0.467 e. The molecule has 98 valence electrons. The molecule has 1 N–H and O–H groups in total. The first-order valence-electron chi connectivity index (χ1n) is 6.17. The Morgan fingerprint density at radius 3 is 2.83 bits per heavy atom. The van der Waals surface area contributed by atoms with Crippen LogP contribution in [0.3, 0.4) is 0 Å². The number of hydrogen-bond acceptors (Lipinski definition) is 3. The highest BCUT2D eigenvalue weighted by atomic mass is 79.9. The predicted molar refractivity (Wildman–Crippen MR) is 74.6 cm³/mol. The topological polar surface area (TPSA) is 43.0 Å². The van der Waals surface area contributed by atoms with Crippen LogP contribution in [0.5, 0.6) is 0 Å². The molecule has 0 aromatic carbocycles. The van der Waals surface area contributed by atoms with E-state index in [9.17, 15) is 0 Å². The molecule has 1 unspecified atom stereocenters. The Labute approximate surface area is 115 Å². The zero-order chi connectivity index (χ0) is 13.1. The summed E-state index contributed by atoms with van der Waals surface area (Å²) >= 11 is 3.57. The second kappa shape index (κ2) is 5.71. The SMILES string of the molecule is CCNC(c1occc1C)c1c(Br)cnn1CC. The smallest absolute Gasteiger partial charge is 0.129 e. The molecule has 0 bridgehead atoms. The van der Waals surface area contributed by atoms with Gasteiger partial charge in [-0.15, -0.1) is 0 Å². The summed E-state index contributed by atoms with van der Waals surface area (Å²) in [5.41, 5.74) is 2.26. The van der Waals surface area contributed by atoms with Crippen LogP contribution in [-0.2, 0) is 6.54 Å². The molecule has 0 saturated carbocycles. The fourth-order valence-corrected chi connectivity index (χ4v) is 2.63. The lowest BCUT2D eigenvalue weighted by atomic mass is 10.1. The molecule has 0 aliphatic carbocycles. The summed E-state index contributed by atoms with van der Waals surface area (Å²) in [6.07, 6.45) is 3.57. The number of nitrogens with one attached hydrogen (secondary N) is 1. The molecular formula is C13H18BrN3O. The second-order valence-electron chi connectivity index (χ2n) is 4.15. The van der Waals surface area contributed by atoms with Crippen LogP contribution in [0.4, 0.5) is 0 Å². The highest BCUT2D eigenvalue weighted by Crippen LogP contribution is 2.30. The Morgan fingerprint density at radius 2 is 2.28 bits per heavy atom. The third-order valence-electron chi connectivity index (χ3n) is 2.98. The molecule has 5 heteroatoms. The standard InChI is InChI=1S/C13H18BrN3O/c1-4-15-11(13-9(3)6-7-18-13)12-10(14)8-16-17(12)5-2/h6-8,11,15H,4-5H2,1-3H3. The zero-order valence-corrected chi connectivity index (χ0v) is 12.5. The van der Waals surface area contributed by atoms with Crippen LogP contribution in [0.1, 0.15) is 36.9 Å². The maximum atomic E-state index is 5.63. The van der Waals surface area contributed by atoms with Gasteiger partial charge in [-0.2, -0.15) is 5.10 Å². The Hall–Kier alpha value is -1.07. The fraction of sp³-hybridized carbons (Fsp3) is 0.462. The minimum Gasteiger partial charge on any atom is -0.467 e. The Kier molecular flexibility index (Phi) is 4.24. The molecule has 0 aliphatic heterocycles. The van der Waals surface area contributed by atoms with Crippen LogP contribution in [0.25, 0.3) is 0 Å². The number of hydrogen-bond donors (Lipinski definition) is 1. The quantitative estimate of drug-likeness (QED) is 0.921. The van der Waals surface area contributed by atoms with Gasteiger partial charge in [0, 0.05) is 6.54 Å². The van der Waals surface area contributed by atoms with E-state index >= 15 is 0 Å². The van der Waals surface area contributed by atoms with E-state index in [1.807, 2.05) is 16.9 Å². The van der Waals surface area contributed by atoms with Gasteiger partial charge in [0.25, 0.3) is 0 Å². The van der Waals surface area contributed by atoms with E-state index < -0.39 is 0 Å². The number of nitrogens with zero attached hydrogens (tertiary/aromatic N) is 2. The molecule has 2 aromatic heterocycles. The minimum absolute atomic E-state index is 0.0295. The maximum absolute atomic E-state index is 5.63. The molecule has 0 radical (unpaired) electrons. The first-order chi connectivity index (χ1) is 8.69. The molecule has 0 spiro atoms. The van der Waals surface area contributed by atoms with Crippen molar-refractivity contribution in [3.63, 3.8) is 0 Å². The lowest BCUT2D eigenvalue weighted by Crippen LogP contribution is -2.25. The highest BCUT2D eigenvalue weighted by molar-refractivity contribution is 9.10. The lowest BCUT2D eigenvalue weighted by molar-refractivity contribution is 0.429. The monoisotopic (exact) mass is 311 g/mol. The molecule has 0 saturated heterocycles. The summed E-state index contributed by atoms with van der Waals surface area (Å²) in [7, 11) is 0. The van der Waals surface area contributed by atoms with Crippen molar-refractivity contribution < 1.29 is 4.42 Å². The molecular weight excluding hydrogens is 294 g/mol. The average molecular weight is 312 g/mol. The van der Waals surface area contributed by atoms with Crippen molar-refractivity contribution in [3.8, 4) is 0 Å². The third-order valence-corrected chi connectivity index (χ3v) is 3.59. The van der Waals surface area contributed by atoms with Crippen LogP contribution >= 0.6 is 15.9 Å². The molecule has 0 aliphatic rings. The minimum atomic E-state index is 0.0295. The van der Waals surface area contributed by atoms with Gasteiger partial charge in [-0.05, 0) is 48.0 Å². The fourth-order valence-electron chi connectivity index (χ4n) is 2.11. The average Bonchev–Trinajstić information content (AvgIpc) is 2.93. The van der Waals surface area contributed by atoms with Gasteiger partial charge in [0.05, 0.1) is 22.6 Å². The van der Waals surface area contributed by atoms with Crippen LogP contribution < -0.4 is 5.32 Å². The summed E-state index contributed by atoms with van der Waals surface area (Å²) in [5, 5.41) is 7.82. The first kappa shape index (κ1) is 13.4. The van der Waals surface area contributed by atoms with Gasteiger partial charge in [-0.1, -0.05) is 6.92 Å². The predicted octanol–water partition coefficient (Wildman–Crippen LogP) is 3.27. The summed E-state index contributed by atoms with van der Waals surface area (Å²) in [5.74, 6) is 0.952. The van der Waals surface area contributed by atoms with Crippen molar-refractivity contribution in [2.45, 2.75) is 33.4 Å². The number of halogens is 1. The normalized spacial score (nSPS) is 12.9. The molecule has 2 heterocycles. The zero-order valence-electron chi connectivity index (χ0n) is 10.9. The number of aryl methyl sites for hydroxylation is 2. The van der Waals surface area contributed by atoms with E-state index in [0.717, 1.165) is 34.6 Å². The summed E-state index contributed by atoms with van der Waals surface area (Å²) in [4.78, 5) is 0. The first-order valence-corrected chi connectivity index (χ1v) is 6.96. The molecule has 0 fully saturated rings. The van der Waals surface area contributed by atoms with Gasteiger partial charge in [0.2, 0.25) is 0 Å². The van der Waals surface area contributed by atoms with Gasteiger partial charge < -0.3 is 9.73 Å². The lowest BCUT2D eigenvalue weighted by Gasteiger charge is -2.18. The molecule has 0 amide bonds. The van der Waals surface area contributed by atoms with Crippen LogP contribution in [0.2, 0.25) is 0 Å². The van der Waals surface area contributed by atoms with E-state index in [0.29, 0.717) is 0 Å². The van der Waals surface area contributed by atoms with E-state index in [4.69, 9.17) is 4.42 Å². The second-order valence-corrected chi connectivity index (χ2v) is 5.01. The van der Waals surface area contributed by atoms with E-state index in [-0.39, 0.29) is 6.04 Å². The molecule has 18 heavy (non-hydrogen) atoms. The summed E-state index contributed by atoms with van der Waals surface area (Å²) in [6.45, 7) is 7.94. The van der Waals surface area contributed by atoms with Crippen molar-refractivity contribution >= 4 is 15.9 Å². The van der Waals surface area contributed by atoms with Gasteiger partial charge in [-0.3, -0.25) is 4.68 Å². The summed E-state index contributed by atoms with van der Waals surface area (Å²) in [6, 6.07) is 2.02. The van der Waals surface area contributed by atoms with Gasteiger partial charge in [-0.25, -0.2) is 0 Å². The van der Waals surface area contributed by atoms with Crippen LogP contribution in [0.15, 0.2) is 27.4 Å². The van der Waals surface area contributed by atoms with Crippen molar-refractivity contribution in [2.75, 3.05) is 6.54 Å². The van der Waals surface area contributed by atoms with Crippen LogP contribution in [-0.4, -0.2) is 16.3 Å². The maximum Gasteiger partial charge on any atom is 0.129 e. The van der Waals surface area contributed by atoms with Gasteiger partial charge in [0.15, 0.2) is 0 Å². The molecule has 1 atom stereocenters. The summed E-state index contributed by atoms with van der Waals surface area (Å²) < 4.78 is 8.62. The number of furan rings is 1. The van der Waals surface area contributed by atoms with Crippen molar-refractivity contribution in [2.24, 2.45) is 0 Å². The van der Waals surface area contributed by atoms with Crippen LogP contribution in [0, 0.1) is 6.92 Å². The van der Waals surface area contributed by atoms with Crippen molar-refractivity contribution in [3.05, 3.63) is 40.0 Å². The van der Waals surface area contributed by atoms with Gasteiger partial charge in [0.1, 0.15) is 11.8 Å². The van der Waals surface area contributed by atoms with E-state index in [2.05, 4.69) is 47.1 Å². The highest BCUT2D eigenvalue weighted by Gasteiger charge is 2.24. The number of rotatable bonds is 5. The molecule has 4 nitrogen and oxygen atoms in total. The Morgan fingerprint density at radius 1 is 1.50 bits per heavy atom. The molecule has 2 rings (SSSR count). The Balaban J connectivity index is 2.47. The molecule has 2 aromatic rings. The van der Waals surface area contributed by atoms with Crippen molar-refractivity contribution in [1.29, 1.82) is 0 Å². The number of aromatic nitrogens is 2. The Bertz CT molecular complexity index is 518. The van der Waals surface area contributed by atoms with E-state index in [1.54, 1.807) is 6.26 Å². The van der Waals surface area contributed by atoms with Gasteiger partial charge >= 0.3 is 0 Å².